The molecule has 41 heavy (non-hydrogen) atoms. The van der Waals surface area contributed by atoms with Crippen molar-refractivity contribution >= 4 is 75.1 Å². The van der Waals surface area contributed by atoms with E-state index in [1.54, 1.807) is 0 Å². The molecule has 0 fully saturated rings. The highest BCUT2D eigenvalue weighted by molar-refractivity contribution is 7.26. The maximum absolute atomic E-state index is 4.30. The lowest BCUT2D eigenvalue weighted by molar-refractivity contribution is 1.14. The number of thiophene rings is 1. The Morgan fingerprint density at radius 3 is 1.88 bits per heavy atom. The molecule has 0 atom stereocenters. The van der Waals surface area contributed by atoms with Crippen LogP contribution in [-0.4, -0.2) is 14.1 Å². The summed E-state index contributed by atoms with van der Waals surface area (Å²) in [6, 6.07) is 46.5. The first-order chi connectivity index (χ1) is 20.3. The standard InChI is InChI=1S/C37H23N3S/c1-2-13-36-29(8-1)30-9-5-12-35(37(30)41-36)40-28-17-15-24-6-3-10-33(31(24)23-28)39(26-18-20-38-21-19-26)27-16-14-25-7-4-11-34(40)32(25)22-27/h1-23H. The van der Waals surface area contributed by atoms with E-state index in [0.717, 1.165) is 22.2 Å². The number of nitrogens with zero attached hydrogens (tertiary/aromatic N) is 3. The summed E-state index contributed by atoms with van der Waals surface area (Å²) in [5.41, 5.74) is 6.87. The van der Waals surface area contributed by atoms with Crippen molar-refractivity contribution in [3.63, 3.8) is 0 Å². The molecular weight excluding hydrogens is 518 g/mol. The molecule has 9 rings (SSSR count). The fraction of sp³-hybridized carbons (Fsp3) is 0. The third-order valence-electron chi connectivity index (χ3n) is 8.23. The zero-order valence-electron chi connectivity index (χ0n) is 22.0. The van der Waals surface area contributed by atoms with Crippen LogP contribution in [0.3, 0.4) is 0 Å². The van der Waals surface area contributed by atoms with Gasteiger partial charge < -0.3 is 9.13 Å². The third-order valence-corrected chi connectivity index (χ3v) is 9.44. The number of benzene rings is 6. The van der Waals surface area contributed by atoms with E-state index < -0.39 is 0 Å². The number of hydrogen-bond donors (Lipinski definition) is 0. The third kappa shape index (κ3) is 3.35. The Kier molecular flexibility index (Phi) is 4.77. The molecule has 0 saturated carbocycles. The summed E-state index contributed by atoms with van der Waals surface area (Å²) in [6.45, 7) is 0. The molecule has 0 amide bonds. The smallest absolute Gasteiger partial charge is 0.0640 e. The van der Waals surface area contributed by atoms with Crippen LogP contribution in [0, 0.1) is 0 Å². The molecule has 0 aliphatic rings. The minimum absolute atomic E-state index is 1.09. The Morgan fingerprint density at radius 1 is 0.488 bits per heavy atom. The van der Waals surface area contributed by atoms with Crippen LogP contribution in [0.25, 0.3) is 75.2 Å². The Hall–Kier alpha value is -5.19. The second kappa shape index (κ2) is 8.65. The first-order valence-corrected chi connectivity index (χ1v) is 14.6. The maximum Gasteiger partial charge on any atom is 0.0640 e. The number of rotatable bonds is 2. The van der Waals surface area contributed by atoms with Crippen molar-refractivity contribution in [2.75, 3.05) is 0 Å². The molecule has 0 radical (unpaired) electrons. The van der Waals surface area contributed by atoms with Gasteiger partial charge >= 0.3 is 0 Å². The summed E-state index contributed by atoms with van der Waals surface area (Å²) in [7, 11) is 0. The van der Waals surface area contributed by atoms with Gasteiger partial charge in [-0.15, -0.1) is 11.3 Å². The maximum atomic E-state index is 4.30. The summed E-state index contributed by atoms with van der Waals surface area (Å²) in [4.78, 5) is 4.30. The molecule has 0 spiro atoms. The van der Waals surface area contributed by atoms with Gasteiger partial charge in [-0.25, -0.2) is 0 Å². The van der Waals surface area contributed by atoms with Gasteiger partial charge in [0.05, 0.1) is 21.4 Å². The highest BCUT2D eigenvalue weighted by atomic mass is 32.1. The minimum atomic E-state index is 1.09. The summed E-state index contributed by atoms with van der Waals surface area (Å²) in [5.74, 6) is 0. The number of fused-ring (bicyclic) bond motifs is 5. The normalized spacial score (nSPS) is 11.9. The lowest BCUT2D eigenvalue weighted by Crippen LogP contribution is -2.01. The van der Waals surface area contributed by atoms with Crippen molar-refractivity contribution in [1.82, 2.24) is 14.1 Å². The van der Waals surface area contributed by atoms with E-state index in [2.05, 4.69) is 142 Å². The molecule has 0 aliphatic carbocycles. The van der Waals surface area contributed by atoms with E-state index in [1.807, 2.05) is 23.7 Å². The molecule has 9 aromatic rings. The molecule has 6 aromatic carbocycles. The fourth-order valence-corrected chi connectivity index (χ4v) is 7.60. The van der Waals surface area contributed by atoms with Crippen molar-refractivity contribution in [2.24, 2.45) is 0 Å². The van der Waals surface area contributed by atoms with Crippen molar-refractivity contribution in [2.45, 2.75) is 0 Å². The molecule has 0 saturated heterocycles. The number of aromatic nitrogens is 3. The van der Waals surface area contributed by atoms with Gasteiger partial charge in [-0.3, -0.25) is 4.98 Å². The van der Waals surface area contributed by atoms with Gasteiger partial charge in [-0.1, -0.05) is 66.7 Å². The van der Waals surface area contributed by atoms with Crippen molar-refractivity contribution in [3.05, 3.63) is 140 Å². The van der Waals surface area contributed by atoms with Gasteiger partial charge in [0.15, 0.2) is 0 Å². The second-order valence-electron chi connectivity index (χ2n) is 10.5. The summed E-state index contributed by atoms with van der Waals surface area (Å²) >= 11 is 1.87. The highest BCUT2D eigenvalue weighted by Crippen LogP contribution is 2.39. The Bertz CT molecular complexity index is 2480. The van der Waals surface area contributed by atoms with Crippen LogP contribution in [-0.2, 0) is 0 Å². The van der Waals surface area contributed by atoms with Crippen molar-refractivity contribution in [3.8, 4) is 11.4 Å². The first-order valence-electron chi connectivity index (χ1n) is 13.8. The van der Waals surface area contributed by atoms with Gasteiger partial charge in [-0.2, -0.15) is 0 Å². The number of hydrogen-bond acceptors (Lipinski definition) is 2. The predicted octanol–water partition coefficient (Wildman–Crippen LogP) is 10.2. The lowest BCUT2D eigenvalue weighted by Gasteiger charge is -2.18. The lowest BCUT2D eigenvalue weighted by atomic mass is 10.0. The molecule has 4 bridgehead atoms. The van der Waals surface area contributed by atoms with E-state index in [-0.39, 0.29) is 0 Å². The molecule has 192 valence electrons. The molecule has 3 heterocycles. The second-order valence-corrected chi connectivity index (χ2v) is 11.5. The Morgan fingerprint density at radius 2 is 1.12 bits per heavy atom. The first kappa shape index (κ1) is 22.6. The average Bonchev–Trinajstić information content (AvgIpc) is 3.42. The Balaban J connectivity index is 1.55. The van der Waals surface area contributed by atoms with Crippen molar-refractivity contribution < 1.29 is 0 Å². The number of pyridine rings is 1. The van der Waals surface area contributed by atoms with Gasteiger partial charge in [0.1, 0.15) is 0 Å². The van der Waals surface area contributed by atoms with Crippen molar-refractivity contribution in [1.29, 1.82) is 0 Å². The zero-order chi connectivity index (χ0) is 26.9. The molecule has 0 N–H and O–H groups in total. The zero-order valence-corrected chi connectivity index (χ0v) is 22.8. The molecule has 0 aliphatic heterocycles. The minimum Gasteiger partial charge on any atom is -0.310 e. The van der Waals surface area contributed by atoms with E-state index in [0.29, 0.717) is 0 Å². The van der Waals surface area contributed by atoms with Crippen LogP contribution in [0.15, 0.2) is 140 Å². The quantitative estimate of drug-likeness (QED) is 0.213. The topological polar surface area (TPSA) is 22.8 Å². The van der Waals surface area contributed by atoms with Gasteiger partial charge in [0, 0.05) is 55.4 Å². The molecule has 4 heteroatoms. The monoisotopic (exact) mass is 541 g/mol. The summed E-state index contributed by atoms with van der Waals surface area (Å²) in [5, 5.41) is 7.44. The molecule has 3 aromatic heterocycles. The average molecular weight is 542 g/mol. The summed E-state index contributed by atoms with van der Waals surface area (Å²) in [6.07, 6.45) is 3.73. The molecule has 3 nitrogen and oxygen atoms in total. The highest BCUT2D eigenvalue weighted by Gasteiger charge is 2.14. The van der Waals surface area contributed by atoms with Crippen LogP contribution in [0.4, 0.5) is 0 Å². The van der Waals surface area contributed by atoms with Crippen LogP contribution in [0.2, 0.25) is 0 Å². The van der Waals surface area contributed by atoms with Gasteiger partial charge in [-0.05, 0) is 71.4 Å². The van der Waals surface area contributed by atoms with Crippen LogP contribution >= 0.6 is 11.3 Å². The van der Waals surface area contributed by atoms with Crippen LogP contribution < -0.4 is 0 Å². The van der Waals surface area contributed by atoms with Gasteiger partial charge in [0.2, 0.25) is 0 Å². The largest absolute Gasteiger partial charge is 0.310 e. The van der Waals surface area contributed by atoms with Crippen LogP contribution in [0.5, 0.6) is 0 Å². The SMILES string of the molecule is c1ccc2c(c1)sc1c(-n3c4ccc5cccc(c5c4)n(-c4ccncc4)c4ccc5cccc3c5c4)cccc12. The van der Waals surface area contributed by atoms with Crippen LogP contribution in [0.1, 0.15) is 0 Å². The van der Waals surface area contributed by atoms with E-state index in [9.17, 15) is 0 Å². The molecule has 0 unspecified atom stereocenters. The Labute approximate surface area is 239 Å². The predicted molar refractivity (Wildman–Crippen MR) is 175 cm³/mol. The fourth-order valence-electron chi connectivity index (χ4n) is 6.39. The van der Waals surface area contributed by atoms with E-state index in [4.69, 9.17) is 0 Å². The van der Waals surface area contributed by atoms with Gasteiger partial charge in [0.25, 0.3) is 0 Å². The summed E-state index contributed by atoms with van der Waals surface area (Å²) < 4.78 is 7.42. The van der Waals surface area contributed by atoms with E-state index >= 15 is 0 Å². The molecular formula is C37H23N3S. The van der Waals surface area contributed by atoms with E-state index in [1.165, 1.54) is 52.9 Å².